The Morgan fingerprint density at radius 2 is 0.293 bits per heavy atom. The van der Waals surface area contributed by atoms with Gasteiger partial charge in [-0.3, -0.25) is 0 Å². The highest BCUT2D eigenvalue weighted by atomic mass is 15.1. The van der Waals surface area contributed by atoms with Crippen LogP contribution in [0.2, 0.25) is 0 Å². The molecule has 672 valence electrons. The van der Waals surface area contributed by atoms with Crippen molar-refractivity contribution in [2.45, 2.75) is 41.5 Å². The molecule has 15 heteroatoms. The van der Waals surface area contributed by atoms with Crippen LogP contribution in [0.3, 0.4) is 0 Å². The van der Waals surface area contributed by atoms with Crippen LogP contribution >= 0.6 is 0 Å². The van der Waals surface area contributed by atoms with Crippen LogP contribution < -0.4 is 0 Å². The SMILES string of the molecule is Cc1cc2ccccc2c2ccccc12.Cc1ccc(-c2nc(-c3ccccc3)nc(-c3ccc(-c4ccccc4)cc3)n2)cc1.Cc1ccc(-c2nc(-c3ccccc3)nc(-c3ccccc3)n2)cc1.Cc1cccc(-c2nc(-c3ccccc3)nc(-c3ccccc3)n2)c1.Cc1nc(-c2ccccc2)nc(-c2ccc(-c3ccccc3)cc2)n1.Cc1nc(-c2ccccc2)nc(-c2ccccc2)n1. The fourth-order valence-corrected chi connectivity index (χ4v) is 15.8. The predicted molar refractivity (Wildman–Crippen MR) is 571 cm³/mol. The Morgan fingerprint density at radius 1 is 0.114 bits per heavy atom. The fourth-order valence-electron chi connectivity index (χ4n) is 15.8. The fraction of sp³-hybridized carbons (Fsp3) is 0.0480. The Balaban J connectivity index is 0.000000112. The number of fused-ring (bicyclic) bond motifs is 3. The summed E-state index contributed by atoms with van der Waals surface area (Å²) in [7, 11) is 0. The maximum Gasteiger partial charge on any atom is 0.164 e. The quantitative estimate of drug-likeness (QED) is 0.0879. The minimum absolute atomic E-state index is 0.670. The molecule has 23 aromatic rings. The molecule has 5 aromatic heterocycles. The molecule has 0 radical (unpaired) electrons. The average molecular weight is 1810 g/mol. The second kappa shape index (κ2) is 45.0. The summed E-state index contributed by atoms with van der Waals surface area (Å²) in [6.45, 7) is 12.2. The summed E-state index contributed by atoms with van der Waals surface area (Å²) in [5.41, 5.74) is 22.5. The monoisotopic (exact) mass is 1810 g/mol. The van der Waals surface area contributed by atoms with Crippen molar-refractivity contribution in [3.05, 3.63) is 513 Å². The molecule has 0 bridgehead atoms. The van der Waals surface area contributed by atoms with Gasteiger partial charge in [-0.2, -0.15) is 0 Å². The third kappa shape index (κ3) is 23.8. The predicted octanol–water partition coefficient (Wildman–Crippen LogP) is 30.2. The van der Waals surface area contributed by atoms with Crippen LogP contribution in [0.25, 0.3) is 192 Å². The lowest BCUT2D eigenvalue weighted by Gasteiger charge is -2.09. The summed E-state index contributed by atoms with van der Waals surface area (Å²) in [5.74, 6) is 10.4. The smallest absolute Gasteiger partial charge is 0.164 e. The van der Waals surface area contributed by atoms with Crippen LogP contribution in [0.4, 0.5) is 0 Å². The molecule has 140 heavy (non-hydrogen) atoms. The van der Waals surface area contributed by atoms with Crippen LogP contribution in [0.5, 0.6) is 0 Å². The Morgan fingerprint density at radius 3 is 0.550 bits per heavy atom. The lowest BCUT2D eigenvalue weighted by Crippen LogP contribution is -2.00. The molecule has 15 nitrogen and oxygen atoms in total. The van der Waals surface area contributed by atoms with Crippen molar-refractivity contribution in [3.63, 3.8) is 0 Å². The highest BCUT2D eigenvalue weighted by Gasteiger charge is 2.19. The van der Waals surface area contributed by atoms with Gasteiger partial charge in [-0.15, -0.1) is 0 Å². The summed E-state index contributed by atoms with van der Waals surface area (Å²) in [6.07, 6.45) is 0. The second-order valence-corrected chi connectivity index (χ2v) is 33.4. The Bertz CT molecular complexity index is 7840. The molecule has 0 aliphatic carbocycles. The van der Waals surface area contributed by atoms with E-state index < -0.39 is 0 Å². The first-order chi connectivity index (χ1) is 68.8. The number of hydrogen-bond acceptors (Lipinski definition) is 15. The number of aromatic nitrogens is 15. The molecule has 0 aliphatic rings. The van der Waals surface area contributed by atoms with Gasteiger partial charge in [0.15, 0.2) is 75.7 Å². The van der Waals surface area contributed by atoms with E-state index in [1.807, 2.05) is 305 Å². The maximum atomic E-state index is 4.81. The van der Waals surface area contributed by atoms with Gasteiger partial charge in [-0.1, -0.05) is 490 Å². The number of rotatable bonds is 15. The molecule has 0 saturated carbocycles. The minimum atomic E-state index is 0.670. The van der Waals surface area contributed by atoms with E-state index in [1.54, 1.807) is 0 Å². The topological polar surface area (TPSA) is 193 Å². The normalized spacial score (nSPS) is 10.6. The van der Waals surface area contributed by atoms with E-state index >= 15 is 0 Å². The van der Waals surface area contributed by atoms with Gasteiger partial charge in [-0.05, 0) is 97.0 Å². The first-order valence-electron chi connectivity index (χ1n) is 46.4. The number of hydrogen-bond donors (Lipinski definition) is 0. The third-order valence-corrected chi connectivity index (χ3v) is 23.0. The van der Waals surface area contributed by atoms with Gasteiger partial charge < -0.3 is 0 Å². The largest absolute Gasteiger partial charge is 0.213 e. The molecule has 0 amide bonds. The standard InChI is InChI=1S/C28H21N3.3C22H17N3.C16H13N3.C15H12/c1-20-12-14-24(15-13-20)27-29-26(23-10-6-3-7-11-23)30-28(31-27)25-18-16-22(17-19-25)21-8-4-2-5-9-21;1-16-9-8-14-19(15-16)22-24-20(17-10-4-2-5-11-17)23-21(25-22)18-12-6-3-7-13-18;1-16-23-21(19-10-6-3-7-11-19)25-22(24-16)20-14-12-18(13-15-20)17-8-4-2-5-9-17;1-16-12-14-19(15-13-16)22-24-20(17-8-4-2-5-9-17)23-21(25-22)18-10-6-3-7-11-18;1-12-17-15(13-8-4-2-5-9-13)19-16(18-12)14-10-6-3-7-11-14;1-11-10-12-6-2-3-8-14(12)15-9-5-4-7-13(11)15/h2-19H,1H3;3*2-15H,1H3;2-11H,1H3;2-10H,1H3. The van der Waals surface area contributed by atoms with E-state index in [1.165, 1.54) is 66.1 Å². The molecule has 0 unspecified atom stereocenters. The molecule has 0 atom stereocenters. The average Bonchev–Trinajstić information content (AvgIpc) is 0.778. The molecule has 0 fully saturated rings. The van der Waals surface area contributed by atoms with Gasteiger partial charge in [0, 0.05) is 72.3 Å². The molecule has 0 spiro atoms. The molecular formula is C125H97N15. The molecular weight excluding hydrogens is 1710 g/mol. The Hall–Kier alpha value is -18.5. The number of benzene rings is 18. The molecule has 0 aliphatic heterocycles. The van der Waals surface area contributed by atoms with Gasteiger partial charge in [0.25, 0.3) is 0 Å². The van der Waals surface area contributed by atoms with Gasteiger partial charge in [-0.25, -0.2) is 74.8 Å². The van der Waals surface area contributed by atoms with Crippen LogP contribution in [0.15, 0.2) is 479 Å². The zero-order valence-electron chi connectivity index (χ0n) is 78.3. The maximum absolute atomic E-state index is 4.81. The van der Waals surface area contributed by atoms with Gasteiger partial charge in [0.05, 0.1) is 0 Å². The minimum Gasteiger partial charge on any atom is -0.213 e. The van der Waals surface area contributed by atoms with Gasteiger partial charge >= 0.3 is 0 Å². The summed E-state index contributed by atoms with van der Waals surface area (Å²) in [5, 5.41) is 5.39. The molecule has 0 N–H and O–H groups in total. The third-order valence-electron chi connectivity index (χ3n) is 23.0. The van der Waals surface area contributed by atoms with Crippen molar-refractivity contribution in [2.75, 3.05) is 0 Å². The molecule has 18 aromatic carbocycles. The summed E-state index contributed by atoms with van der Waals surface area (Å²) in [4.78, 5) is 69.6. The van der Waals surface area contributed by atoms with Crippen molar-refractivity contribution in [3.8, 4) is 170 Å². The number of aryl methyl sites for hydroxylation is 6. The van der Waals surface area contributed by atoms with Crippen molar-refractivity contribution < 1.29 is 0 Å². The summed E-state index contributed by atoms with van der Waals surface area (Å²) < 4.78 is 0. The number of nitrogens with zero attached hydrogens (tertiary/aromatic N) is 15. The van der Waals surface area contributed by atoms with Crippen molar-refractivity contribution >= 4 is 21.5 Å². The van der Waals surface area contributed by atoms with Gasteiger partial charge in [0.1, 0.15) is 11.6 Å². The van der Waals surface area contributed by atoms with E-state index in [4.69, 9.17) is 44.9 Å². The zero-order chi connectivity index (χ0) is 95.6. The first-order valence-corrected chi connectivity index (χ1v) is 46.4. The lowest BCUT2D eigenvalue weighted by molar-refractivity contribution is 0.991. The van der Waals surface area contributed by atoms with Crippen LogP contribution in [-0.4, -0.2) is 74.8 Å². The van der Waals surface area contributed by atoms with E-state index in [0.29, 0.717) is 75.7 Å². The van der Waals surface area contributed by atoms with E-state index in [2.05, 4.69) is 246 Å². The molecule has 5 heterocycles. The molecule has 0 saturated heterocycles. The molecule has 23 rings (SSSR count). The van der Waals surface area contributed by atoms with Crippen LogP contribution in [0.1, 0.15) is 33.9 Å². The highest BCUT2D eigenvalue weighted by Crippen LogP contribution is 2.34. The van der Waals surface area contributed by atoms with Crippen LogP contribution in [0, 0.1) is 41.5 Å². The highest BCUT2D eigenvalue weighted by molar-refractivity contribution is 6.09. The first kappa shape index (κ1) is 92.0. The second-order valence-electron chi connectivity index (χ2n) is 33.4. The lowest BCUT2D eigenvalue weighted by atomic mass is 9.98. The van der Waals surface area contributed by atoms with Crippen LogP contribution in [-0.2, 0) is 0 Å². The van der Waals surface area contributed by atoms with E-state index in [-0.39, 0.29) is 0 Å². The Labute approximate surface area is 815 Å². The van der Waals surface area contributed by atoms with E-state index in [0.717, 1.165) is 84.0 Å². The van der Waals surface area contributed by atoms with Crippen molar-refractivity contribution in [1.29, 1.82) is 0 Å². The van der Waals surface area contributed by atoms with Crippen molar-refractivity contribution in [1.82, 2.24) is 74.8 Å². The van der Waals surface area contributed by atoms with E-state index in [9.17, 15) is 0 Å². The Kier molecular flexibility index (Phi) is 29.6. The summed E-state index contributed by atoms with van der Waals surface area (Å²) in [6, 6.07) is 162. The van der Waals surface area contributed by atoms with Crippen molar-refractivity contribution in [2.24, 2.45) is 0 Å². The summed E-state index contributed by atoms with van der Waals surface area (Å²) >= 11 is 0. The zero-order valence-corrected chi connectivity index (χ0v) is 78.3. The van der Waals surface area contributed by atoms with Gasteiger partial charge in [0.2, 0.25) is 0 Å².